The molecule has 2 aromatic heterocycles. The molecule has 0 unspecified atom stereocenters. The number of carbonyl (C=O) groups excluding carboxylic acids is 1. The van der Waals surface area contributed by atoms with Crippen molar-refractivity contribution in [3.8, 4) is 11.4 Å². The number of unbranched alkanes of at least 4 members (excludes halogenated alkanes) is 1. The van der Waals surface area contributed by atoms with E-state index in [0.717, 1.165) is 40.4 Å². The summed E-state index contributed by atoms with van der Waals surface area (Å²) >= 11 is 1.23. The number of aromatic nitrogens is 3. The number of amides is 1. The molecular weight excluding hydrogens is 432 g/mol. The van der Waals surface area contributed by atoms with Gasteiger partial charge in [-0.2, -0.15) is 9.50 Å². The number of hydrogen-bond acceptors (Lipinski definition) is 5. The molecule has 1 aliphatic heterocycles. The molecule has 6 nitrogen and oxygen atoms in total. The molecule has 1 amide bonds. The zero-order valence-electron chi connectivity index (χ0n) is 18.0. The number of anilines is 1. The first-order valence-electron chi connectivity index (χ1n) is 11.0. The second kappa shape index (κ2) is 7.64. The van der Waals surface area contributed by atoms with E-state index >= 15 is 0 Å². The minimum absolute atomic E-state index is 0.125. The Balaban J connectivity index is 1.54. The average molecular weight is 453 g/mol. The molecule has 0 radical (unpaired) electrons. The molecule has 162 valence electrons. The Morgan fingerprint density at radius 3 is 2.52 bits per heavy atom. The maximum Gasteiger partial charge on any atom is 0.291 e. The fraction of sp³-hybridized carbons (Fsp3) is 0.154. The number of rotatable bonds is 4. The van der Waals surface area contributed by atoms with Crippen molar-refractivity contribution >= 4 is 44.2 Å². The van der Waals surface area contributed by atoms with Crippen LogP contribution in [0.25, 0.3) is 32.7 Å². The van der Waals surface area contributed by atoms with Gasteiger partial charge in [0.25, 0.3) is 11.5 Å². The number of carbonyl (C=O) groups is 1. The molecule has 0 fully saturated rings. The van der Waals surface area contributed by atoms with Crippen LogP contribution in [0.5, 0.6) is 0 Å². The Labute approximate surface area is 193 Å². The van der Waals surface area contributed by atoms with E-state index in [4.69, 9.17) is 0 Å². The van der Waals surface area contributed by atoms with Gasteiger partial charge in [-0.1, -0.05) is 85.3 Å². The Hall–Kier alpha value is -3.84. The fourth-order valence-corrected chi connectivity index (χ4v) is 5.46. The van der Waals surface area contributed by atoms with Crippen LogP contribution in [0.4, 0.5) is 5.69 Å². The summed E-state index contributed by atoms with van der Waals surface area (Å²) in [5, 5.41) is 6.66. The topological polar surface area (TPSA) is 67.6 Å². The molecule has 3 heterocycles. The lowest BCUT2D eigenvalue weighted by molar-refractivity contribution is -0.113. The highest BCUT2D eigenvalue weighted by molar-refractivity contribution is 7.15. The zero-order chi connectivity index (χ0) is 22.5. The minimum atomic E-state index is -0.301. The van der Waals surface area contributed by atoms with Crippen molar-refractivity contribution in [3.63, 3.8) is 0 Å². The molecule has 0 saturated heterocycles. The molecule has 0 atom stereocenters. The second-order valence-corrected chi connectivity index (χ2v) is 9.07. The largest absolute Gasteiger partial charge is 0.308 e. The van der Waals surface area contributed by atoms with Crippen molar-refractivity contribution in [3.05, 3.63) is 87.2 Å². The minimum Gasteiger partial charge on any atom is -0.308 e. The third-order valence-corrected chi connectivity index (χ3v) is 7.10. The van der Waals surface area contributed by atoms with Gasteiger partial charge >= 0.3 is 0 Å². The Morgan fingerprint density at radius 2 is 1.67 bits per heavy atom. The van der Waals surface area contributed by atoms with Gasteiger partial charge in [-0.15, -0.1) is 5.10 Å². The van der Waals surface area contributed by atoms with Crippen LogP contribution < -0.4 is 15.0 Å². The lowest BCUT2D eigenvalue weighted by atomic mass is 10.0. The second-order valence-electron chi connectivity index (χ2n) is 8.10. The lowest BCUT2D eigenvalue weighted by Gasteiger charge is -2.16. The number of para-hydroxylation sites is 1. The average Bonchev–Trinajstić information content (AvgIpc) is 3.47. The van der Waals surface area contributed by atoms with E-state index in [1.54, 1.807) is 4.90 Å². The van der Waals surface area contributed by atoms with E-state index in [9.17, 15) is 9.59 Å². The van der Waals surface area contributed by atoms with Crippen LogP contribution in [0.3, 0.4) is 0 Å². The van der Waals surface area contributed by atoms with Crippen LogP contribution in [-0.4, -0.2) is 27.0 Å². The summed E-state index contributed by atoms with van der Waals surface area (Å²) in [5.74, 6) is 0.384. The van der Waals surface area contributed by atoms with Crippen molar-refractivity contribution in [2.24, 2.45) is 0 Å². The van der Waals surface area contributed by atoms with E-state index in [1.165, 1.54) is 15.9 Å². The third kappa shape index (κ3) is 3.00. The van der Waals surface area contributed by atoms with Crippen LogP contribution >= 0.6 is 11.3 Å². The molecule has 7 heteroatoms. The maximum absolute atomic E-state index is 13.4. The maximum atomic E-state index is 13.4. The van der Waals surface area contributed by atoms with Crippen LogP contribution in [0.2, 0.25) is 0 Å². The van der Waals surface area contributed by atoms with E-state index in [1.807, 2.05) is 66.7 Å². The number of thiazole rings is 1. The van der Waals surface area contributed by atoms with Crippen molar-refractivity contribution in [2.75, 3.05) is 11.4 Å². The summed E-state index contributed by atoms with van der Waals surface area (Å²) < 4.78 is 1.72. The Kier molecular flexibility index (Phi) is 4.58. The summed E-state index contributed by atoms with van der Waals surface area (Å²) in [6.45, 7) is 2.73. The van der Waals surface area contributed by atoms with Gasteiger partial charge in [0.2, 0.25) is 4.96 Å². The third-order valence-electron chi connectivity index (χ3n) is 6.07. The van der Waals surface area contributed by atoms with Gasteiger partial charge in [0.15, 0.2) is 5.82 Å². The van der Waals surface area contributed by atoms with Crippen molar-refractivity contribution in [2.45, 2.75) is 19.8 Å². The van der Waals surface area contributed by atoms with Crippen molar-refractivity contribution < 1.29 is 4.79 Å². The van der Waals surface area contributed by atoms with E-state index in [-0.39, 0.29) is 11.5 Å². The predicted octanol–water partition coefficient (Wildman–Crippen LogP) is 4.04. The van der Waals surface area contributed by atoms with E-state index < -0.39 is 0 Å². The summed E-state index contributed by atoms with van der Waals surface area (Å²) in [4.78, 5) is 33.7. The van der Waals surface area contributed by atoms with Crippen LogP contribution in [0, 0.1) is 0 Å². The summed E-state index contributed by atoms with van der Waals surface area (Å²) in [6.07, 6.45) is 1.89. The fourth-order valence-electron chi connectivity index (χ4n) is 4.46. The highest BCUT2D eigenvalue weighted by Gasteiger charge is 2.33. The van der Waals surface area contributed by atoms with Crippen molar-refractivity contribution in [1.82, 2.24) is 14.6 Å². The quantitative estimate of drug-likeness (QED) is 0.413. The summed E-state index contributed by atoms with van der Waals surface area (Å²) in [6, 6.07) is 21.7. The molecule has 1 aliphatic rings. The van der Waals surface area contributed by atoms with Crippen LogP contribution in [0.1, 0.15) is 25.3 Å². The van der Waals surface area contributed by atoms with Gasteiger partial charge in [0.05, 0.1) is 11.3 Å². The lowest BCUT2D eigenvalue weighted by Crippen LogP contribution is -2.33. The van der Waals surface area contributed by atoms with Gasteiger partial charge in [-0.05, 0) is 23.3 Å². The molecule has 0 saturated carbocycles. The van der Waals surface area contributed by atoms with E-state index in [2.05, 4.69) is 17.0 Å². The molecule has 6 rings (SSSR count). The molecule has 0 N–H and O–H groups in total. The Morgan fingerprint density at radius 1 is 0.909 bits per heavy atom. The number of nitrogens with zero attached hydrogens (tertiary/aromatic N) is 4. The van der Waals surface area contributed by atoms with Gasteiger partial charge in [-0.25, -0.2) is 0 Å². The van der Waals surface area contributed by atoms with Crippen molar-refractivity contribution in [1.29, 1.82) is 0 Å². The number of hydrogen-bond donors (Lipinski definition) is 0. The van der Waals surface area contributed by atoms with Gasteiger partial charge < -0.3 is 4.90 Å². The first kappa shape index (κ1) is 19.8. The van der Waals surface area contributed by atoms with Crippen LogP contribution in [0.15, 0.2) is 71.5 Å². The summed E-state index contributed by atoms with van der Waals surface area (Å²) in [5.41, 5.74) is 2.70. The molecular formula is C26H20N4O2S. The van der Waals surface area contributed by atoms with Gasteiger partial charge in [-0.3, -0.25) is 9.59 Å². The molecule has 3 aromatic carbocycles. The molecule has 33 heavy (non-hydrogen) atoms. The standard InChI is InChI=1S/C26H20N4O2S/c1-2-3-15-29-20-14-7-6-12-19(20)21(24(29)31)22-25(32)30-26(33-22)27-23(28-30)18-13-8-10-16-9-4-5-11-17(16)18/h4-14H,2-3,15H2,1H3/b22-21-. The Bertz CT molecular complexity index is 1660. The first-order valence-corrected chi connectivity index (χ1v) is 11.8. The molecule has 0 aliphatic carbocycles. The SMILES string of the molecule is CCCCN1C(=O)/C(=c2\sc3nc(-c4cccc5ccccc45)nn3c2=O)c2ccccc21. The highest BCUT2D eigenvalue weighted by Crippen LogP contribution is 2.35. The van der Waals surface area contributed by atoms with E-state index in [0.29, 0.717) is 27.4 Å². The number of fused-ring (bicyclic) bond motifs is 3. The smallest absolute Gasteiger partial charge is 0.291 e. The highest BCUT2D eigenvalue weighted by atomic mass is 32.1. The molecule has 0 bridgehead atoms. The molecule has 0 spiro atoms. The first-order chi connectivity index (χ1) is 16.2. The summed E-state index contributed by atoms with van der Waals surface area (Å²) in [7, 11) is 0. The molecule has 5 aromatic rings. The van der Waals surface area contributed by atoms with Crippen LogP contribution in [-0.2, 0) is 4.79 Å². The monoisotopic (exact) mass is 452 g/mol. The predicted molar refractivity (Wildman–Crippen MR) is 132 cm³/mol. The van der Waals surface area contributed by atoms with Gasteiger partial charge in [0, 0.05) is 17.7 Å². The van der Waals surface area contributed by atoms with Gasteiger partial charge in [0.1, 0.15) is 4.53 Å². The number of benzene rings is 3. The zero-order valence-corrected chi connectivity index (χ0v) is 18.8. The normalized spacial score (nSPS) is 15.1.